The molecule has 0 fully saturated rings. The van der Waals surface area contributed by atoms with Gasteiger partial charge in [0.2, 0.25) is 0 Å². The molecule has 2 aliphatic rings. The van der Waals surface area contributed by atoms with Gasteiger partial charge >= 0.3 is 0 Å². The second-order valence-electron chi connectivity index (χ2n) is 6.67. The Morgan fingerprint density at radius 1 is 1.07 bits per heavy atom. The number of fused-ring (bicyclic) bond motifs is 1. The van der Waals surface area contributed by atoms with Gasteiger partial charge in [-0.25, -0.2) is 5.56 Å². The van der Waals surface area contributed by atoms with E-state index in [1.807, 2.05) is 52.7 Å². The van der Waals surface area contributed by atoms with Crippen LogP contribution >= 0.6 is 0 Å². The van der Waals surface area contributed by atoms with Gasteiger partial charge in [-0.05, 0) is 41.9 Å². The predicted octanol–water partition coefficient (Wildman–Crippen LogP) is 5.41. The molecule has 2 heterocycles. The van der Waals surface area contributed by atoms with Crippen molar-refractivity contribution in [2.24, 2.45) is 7.05 Å². The third kappa shape index (κ3) is 3.64. The number of pyridine rings is 1. The monoisotopic (exact) mass is 443 g/mol. The Kier molecular flexibility index (Phi) is 5.16. The van der Waals surface area contributed by atoms with Crippen molar-refractivity contribution in [1.29, 1.82) is 0 Å². The Morgan fingerprint density at radius 2 is 1.86 bits per heavy atom. The normalized spacial score (nSPS) is 13.5. The maximum Gasteiger partial charge on any atom is 0.177 e. The summed E-state index contributed by atoms with van der Waals surface area (Å²) in [6.07, 6.45) is 8.21. The summed E-state index contributed by atoms with van der Waals surface area (Å²) in [5.41, 5.74) is 5.87. The maximum atomic E-state index is 7.96. The Labute approximate surface area is 197 Å². The molecule has 0 aromatic heterocycles. The Hall–Kier alpha value is -2.03. The fourth-order valence-corrected chi connectivity index (χ4v) is 3.45. The van der Waals surface area contributed by atoms with E-state index in [4.69, 9.17) is 4.11 Å². The molecule has 2 aromatic rings. The van der Waals surface area contributed by atoms with Crippen molar-refractivity contribution in [3.8, 4) is 28.2 Å². The molecule has 0 aliphatic carbocycles. The molecular weight excluding hydrogens is 417 g/mol. The minimum absolute atomic E-state index is 0. The van der Waals surface area contributed by atoms with Crippen LogP contribution in [0.15, 0.2) is 66.9 Å². The van der Waals surface area contributed by atoms with E-state index >= 15 is 0 Å². The number of benzene rings is 2. The van der Waals surface area contributed by atoms with Crippen LogP contribution in [0, 0.1) is 19.2 Å². The second kappa shape index (κ2) is 8.55. The van der Waals surface area contributed by atoms with Crippen LogP contribution in [0.4, 0.5) is 0 Å². The number of rotatable bonds is 3. The first-order valence-corrected chi connectivity index (χ1v) is 8.95. The molecule has 0 saturated carbocycles. The number of nitrogens with zero attached hydrogens (tertiary/aromatic N) is 2. The van der Waals surface area contributed by atoms with Crippen LogP contribution in [0.2, 0.25) is 0 Å². The van der Waals surface area contributed by atoms with Crippen molar-refractivity contribution in [2.45, 2.75) is 20.7 Å². The molecule has 3 heteroatoms. The molecule has 2 aromatic carbocycles. The van der Waals surface area contributed by atoms with Gasteiger partial charge in [-0.1, -0.05) is 42.5 Å². The molecule has 4 rings (SSSR count). The zero-order valence-corrected chi connectivity index (χ0v) is 19.2. The summed E-state index contributed by atoms with van der Waals surface area (Å²) in [5.74, 6) is 0.887. The molecule has 2 aliphatic heterocycles. The van der Waals surface area contributed by atoms with E-state index in [2.05, 4.69) is 49.5 Å². The number of hydrogen-bond acceptors (Lipinski definition) is 0. The number of hydrogen-bond donors (Lipinski definition) is 0. The van der Waals surface area contributed by atoms with Gasteiger partial charge in [0.1, 0.15) is 0 Å². The molecular formula is C25H23N2Y-. The molecule has 0 saturated heterocycles. The molecule has 2 nitrogen and oxygen atoms in total. The number of aromatic nitrogens is 2. The molecule has 0 atom stereocenters. The van der Waals surface area contributed by atoms with E-state index in [1.165, 1.54) is 0 Å². The first-order chi connectivity index (χ1) is 14.3. The molecule has 137 valence electrons. The summed E-state index contributed by atoms with van der Waals surface area (Å²) >= 11 is 0. The van der Waals surface area contributed by atoms with Crippen molar-refractivity contribution in [3.63, 3.8) is 0 Å². The molecule has 0 amide bonds. The first kappa shape index (κ1) is 16.9. The standard InChI is InChI=1S/C25H23N2.Y/c1-5-18(2)23-17-27(25-22(23)12-9-15-26(25)4)24-16-21(14-13-19(24)3)20-10-7-6-8-11-20;/h6-16H,1-4H3;/q-1;/i2D3;. The maximum absolute atomic E-state index is 7.96. The fraction of sp³-hybridized carbons (Fsp3) is 0.160. The van der Waals surface area contributed by atoms with E-state index in [1.54, 1.807) is 6.92 Å². The SMILES string of the molecule is [2H]C([2H])([2H])C(=[C-]C)c1[c-][n+](-c2cc(-c3ccccc3)ccc2C)c2n(C)cccc1-2.[Y]. The first-order valence-electron chi connectivity index (χ1n) is 10.5. The predicted molar refractivity (Wildman–Crippen MR) is 111 cm³/mol. The van der Waals surface area contributed by atoms with Gasteiger partial charge in [-0.15, -0.1) is 25.4 Å². The number of aryl methyl sites for hydroxylation is 2. The Bertz CT molecular complexity index is 1210. The fourth-order valence-electron chi connectivity index (χ4n) is 3.45. The largest absolute Gasteiger partial charge is 0.317 e. The molecule has 0 N–H and O–H groups in total. The van der Waals surface area contributed by atoms with Crippen LogP contribution in [0.3, 0.4) is 0 Å². The summed E-state index contributed by atoms with van der Waals surface area (Å²) in [7, 11) is 1.96. The molecule has 0 bridgehead atoms. The summed E-state index contributed by atoms with van der Waals surface area (Å²) in [5, 5.41) is 0. The summed E-state index contributed by atoms with van der Waals surface area (Å²) < 4.78 is 27.8. The second-order valence-corrected chi connectivity index (χ2v) is 6.67. The van der Waals surface area contributed by atoms with Crippen LogP contribution in [0.25, 0.3) is 33.8 Å². The molecule has 1 radical (unpaired) electrons. The summed E-state index contributed by atoms with van der Waals surface area (Å²) in [6, 6.07) is 20.4. The van der Waals surface area contributed by atoms with Crippen molar-refractivity contribution < 1.29 is 41.4 Å². The van der Waals surface area contributed by atoms with Crippen molar-refractivity contribution in [3.05, 3.63) is 90.3 Å². The van der Waals surface area contributed by atoms with Gasteiger partial charge in [0.05, 0.1) is 18.9 Å². The van der Waals surface area contributed by atoms with Crippen LogP contribution in [-0.2, 0) is 39.8 Å². The van der Waals surface area contributed by atoms with E-state index in [0.717, 1.165) is 33.8 Å². The van der Waals surface area contributed by atoms with Crippen LogP contribution in [-0.4, -0.2) is 4.57 Å². The van der Waals surface area contributed by atoms with Crippen molar-refractivity contribution >= 4 is 5.57 Å². The molecule has 28 heavy (non-hydrogen) atoms. The van der Waals surface area contributed by atoms with Gasteiger partial charge < -0.3 is 10.6 Å². The van der Waals surface area contributed by atoms with E-state index in [-0.39, 0.29) is 38.3 Å². The van der Waals surface area contributed by atoms with Gasteiger partial charge in [0.15, 0.2) is 5.82 Å². The minimum Gasteiger partial charge on any atom is -0.317 e. The quantitative estimate of drug-likeness (QED) is 0.296. The van der Waals surface area contributed by atoms with E-state index < -0.39 is 6.85 Å². The van der Waals surface area contributed by atoms with Gasteiger partial charge in [0, 0.05) is 36.8 Å². The molecule has 0 unspecified atom stereocenters. The van der Waals surface area contributed by atoms with Crippen molar-refractivity contribution in [1.82, 2.24) is 4.57 Å². The van der Waals surface area contributed by atoms with E-state index in [9.17, 15) is 0 Å². The van der Waals surface area contributed by atoms with E-state index in [0.29, 0.717) is 5.56 Å². The van der Waals surface area contributed by atoms with Gasteiger partial charge in [0.25, 0.3) is 0 Å². The Balaban J connectivity index is 0.00000272. The zero-order valence-electron chi connectivity index (χ0n) is 19.3. The van der Waals surface area contributed by atoms with Gasteiger partial charge in [-0.2, -0.15) is 0 Å². The average Bonchev–Trinajstić information content (AvgIpc) is 3.09. The van der Waals surface area contributed by atoms with Gasteiger partial charge in [-0.3, -0.25) is 10.1 Å². The molecule has 0 spiro atoms. The van der Waals surface area contributed by atoms with Crippen LogP contribution in [0.1, 0.15) is 29.0 Å². The number of allylic oxidation sites excluding steroid dienone is 2. The van der Waals surface area contributed by atoms with Crippen LogP contribution in [0.5, 0.6) is 0 Å². The summed E-state index contributed by atoms with van der Waals surface area (Å²) in [6.45, 7) is 1.43. The zero-order chi connectivity index (χ0) is 21.5. The Morgan fingerprint density at radius 3 is 2.57 bits per heavy atom. The third-order valence-corrected chi connectivity index (χ3v) is 4.91. The van der Waals surface area contributed by atoms with Crippen LogP contribution < -0.4 is 4.57 Å². The minimum atomic E-state index is -2.26. The smallest absolute Gasteiger partial charge is 0.177 e. The van der Waals surface area contributed by atoms with Crippen molar-refractivity contribution in [2.75, 3.05) is 0 Å². The average molecular weight is 443 g/mol. The third-order valence-electron chi connectivity index (χ3n) is 4.91. The topological polar surface area (TPSA) is 8.81 Å². The summed E-state index contributed by atoms with van der Waals surface area (Å²) in [4.78, 5) is 0.